The Bertz CT molecular complexity index is 1210. The molecule has 9 nitrogen and oxygen atoms in total. The number of rotatable bonds is 8. The van der Waals surface area contributed by atoms with Crippen LogP contribution in [0.2, 0.25) is 0 Å². The number of ether oxygens (including phenoxy) is 1. The highest BCUT2D eigenvalue weighted by molar-refractivity contribution is 6.07. The van der Waals surface area contributed by atoms with Gasteiger partial charge in [0.15, 0.2) is 0 Å². The second kappa shape index (κ2) is 9.93. The summed E-state index contributed by atoms with van der Waals surface area (Å²) in [6.45, 7) is 9.76. The number of pyridine rings is 2. The molecule has 208 valence electrons. The van der Waals surface area contributed by atoms with Crippen LogP contribution in [0.1, 0.15) is 62.2 Å². The fraction of sp³-hybridized carbons (Fsp3) is 0.633. The van der Waals surface area contributed by atoms with Gasteiger partial charge in [-0.15, -0.1) is 0 Å². The summed E-state index contributed by atoms with van der Waals surface area (Å²) in [5.41, 5.74) is 1.31. The lowest BCUT2D eigenvalue weighted by Gasteiger charge is -2.36. The number of carbonyl (C=O) groups is 1. The first kappa shape index (κ1) is 25.1. The third-order valence-corrected chi connectivity index (χ3v) is 9.46. The largest absolute Gasteiger partial charge is 0.375 e. The van der Waals surface area contributed by atoms with Crippen molar-refractivity contribution in [1.82, 2.24) is 14.9 Å². The fourth-order valence-electron chi connectivity index (χ4n) is 6.40. The van der Waals surface area contributed by atoms with Crippen molar-refractivity contribution in [2.75, 3.05) is 72.9 Å². The number of aromatic nitrogens is 2. The summed E-state index contributed by atoms with van der Waals surface area (Å²) in [4.78, 5) is 30.6. The van der Waals surface area contributed by atoms with E-state index < -0.39 is 0 Å². The van der Waals surface area contributed by atoms with Crippen LogP contribution in [0.3, 0.4) is 0 Å². The van der Waals surface area contributed by atoms with Gasteiger partial charge in [0.2, 0.25) is 0 Å². The number of piperidine rings is 1. The number of carbonyl (C=O) groups excluding carboxylic acids is 1. The van der Waals surface area contributed by atoms with Gasteiger partial charge in [0, 0.05) is 32.7 Å². The first-order chi connectivity index (χ1) is 19.0. The Hall–Kier alpha value is -2.91. The van der Waals surface area contributed by atoms with Crippen LogP contribution in [0.5, 0.6) is 0 Å². The van der Waals surface area contributed by atoms with Crippen molar-refractivity contribution < 1.29 is 9.53 Å². The average Bonchev–Trinajstić information content (AvgIpc) is 3.86. The maximum Gasteiger partial charge on any atom is 0.260 e. The summed E-state index contributed by atoms with van der Waals surface area (Å²) in [5.74, 6) is 2.95. The molecule has 5 heterocycles. The number of morpholine rings is 1. The standard InChI is InChI=1S/C30H41N7O2/c1-22-20-37(18-19-39-22)26-5-2-4-24(31-26)33-28(38)23-6-7-25(34-30(10-11-30)21-35-14-3-15-35)32-27(23)36-16-12-29(8-9-29)13-17-36/h2,4-7,22H,3,8-21H2,1H3,(H,32,34)(H,31,33,38)/t22-/m1/s1. The molecular weight excluding hydrogens is 490 g/mol. The van der Waals surface area contributed by atoms with E-state index in [1.54, 1.807) is 0 Å². The summed E-state index contributed by atoms with van der Waals surface area (Å²) >= 11 is 0. The van der Waals surface area contributed by atoms with Crippen molar-refractivity contribution in [3.63, 3.8) is 0 Å². The van der Waals surface area contributed by atoms with Gasteiger partial charge in [-0.1, -0.05) is 6.07 Å². The Balaban J connectivity index is 1.11. The summed E-state index contributed by atoms with van der Waals surface area (Å²) in [6, 6.07) is 9.75. The average molecular weight is 532 g/mol. The van der Waals surface area contributed by atoms with Gasteiger partial charge in [0.1, 0.15) is 23.3 Å². The van der Waals surface area contributed by atoms with Crippen LogP contribution in [-0.2, 0) is 4.74 Å². The van der Waals surface area contributed by atoms with E-state index in [0.717, 1.165) is 50.2 Å². The van der Waals surface area contributed by atoms with Crippen molar-refractivity contribution in [1.29, 1.82) is 0 Å². The summed E-state index contributed by atoms with van der Waals surface area (Å²) in [6.07, 6.45) is 8.92. The minimum atomic E-state index is -0.155. The van der Waals surface area contributed by atoms with Crippen molar-refractivity contribution in [3.8, 4) is 0 Å². The first-order valence-corrected chi connectivity index (χ1v) is 14.9. The molecule has 2 aromatic heterocycles. The zero-order valence-electron chi connectivity index (χ0n) is 23.1. The van der Waals surface area contributed by atoms with Gasteiger partial charge >= 0.3 is 0 Å². The van der Waals surface area contributed by atoms with Gasteiger partial charge in [-0.25, -0.2) is 9.97 Å². The third kappa shape index (κ3) is 5.43. The molecule has 7 rings (SSSR count). The van der Waals surface area contributed by atoms with Crippen LogP contribution < -0.4 is 20.4 Å². The van der Waals surface area contributed by atoms with Crippen molar-refractivity contribution in [3.05, 3.63) is 35.9 Å². The molecule has 1 atom stereocenters. The molecule has 0 unspecified atom stereocenters. The van der Waals surface area contributed by atoms with E-state index in [1.807, 2.05) is 30.3 Å². The summed E-state index contributed by atoms with van der Waals surface area (Å²) in [5, 5.41) is 6.84. The normalized spacial score (nSPS) is 25.2. The third-order valence-electron chi connectivity index (χ3n) is 9.46. The monoisotopic (exact) mass is 531 g/mol. The maximum atomic E-state index is 13.7. The quantitative estimate of drug-likeness (QED) is 0.529. The lowest BCUT2D eigenvalue weighted by atomic mass is 9.93. The Kier molecular flexibility index (Phi) is 6.39. The molecule has 2 aromatic rings. The Morgan fingerprint density at radius 3 is 2.46 bits per heavy atom. The molecular formula is C30H41N7O2. The molecule has 1 spiro atoms. The van der Waals surface area contributed by atoms with E-state index in [9.17, 15) is 4.79 Å². The molecule has 0 aromatic carbocycles. The molecule has 5 aliphatic rings. The molecule has 5 fully saturated rings. The van der Waals surface area contributed by atoms with Gasteiger partial charge in [-0.3, -0.25) is 4.79 Å². The van der Waals surface area contributed by atoms with E-state index in [-0.39, 0.29) is 17.6 Å². The summed E-state index contributed by atoms with van der Waals surface area (Å²) in [7, 11) is 0. The topological polar surface area (TPSA) is 85.9 Å². The van der Waals surface area contributed by atoms with Crippen LogP contribution in [0.25, 0.3) is 0 Å². The fourth-order valence-corrected chi connectivity index (χ4v) is 6.40. The minimum Gasteiger partial charge on any atom is -0.375 e. The van der Waals surface area contributed by atoms with Crippen molar-refractivity contribution in [2.45, 2.75) is 63.5 Å². The zero-order valence-corrected chi connectivity index (χ0v) is 23.1. The second-order valence-electron chi connectivity index (χ2n) is 12.6. The lowest BCUT2D eigenvalue weighted by Crippen LogP contribution is -2.45. The summed E-state index contributed by atoms with van der Waals surface area (Å²) < 4.78 is 5.68. The molecule has 9 heteroatoms. The lowest BCUT2D eigenvalue weighted by molar-refractivity contribution is 0.0529. The second-order valence-corrected chi connectivity index (χ2v) is 12.6. The van der Waals surface area contributed by atoms with E-state index in [2.05, 4.69) is 32.3 Å². The molecule has 2 N–H and O–H groups in total. The SMILES string of the molecule is C[C@@H]1CN(c2cccc(NC(=O)c3ccc(NC4(CN5CCC5)CC4)nc3N3CCC4(CC3)CC4)n2)CCO1. The van der Waals surface area contributed by atoms with Gasteiger partial charge < -0.3 is 30.1 Å². The van der Waals surface area contributed by atoms with Crippen LogP contribution >= 0.6 is 0 Å². The van der Waals surface area contributed by atoms with E-state index >= 15 is 0 Å². The van der Waals surface area contributed by atoms with E-state index in [1.165, 1.54) is 58.0 Å². The van der Waals surface area contributed by atoms with Gasteiger partial charge in [0.05, 0.1) is 23.8 Å². The highest BCUT2D eigenvalue weighted by Gasteiger charge is 2.46. The van der Waals surface area contributed by atoms with Crippen molar-refractivity contribution in [2.24, 2.45) is 5.41 Å². The van der Waals surface area contributed by atoms with Gasteiger partial charge in [-0.2, -0.15) is 0 Å². The predicted octanol–water partition coefficient (Wildman–Crippen LogP) is 3.98. The number of likely N-dealkylation sites (tertiary alicyclic amines) is 1. The maximum absolute atomic E-state index is 13.7. The van der Waals surface area contributed by atoms with E-state index in [0.29, 0.717) is 23.4 Å². The van der Waals surface area contributed by atoms with Crippen LogP contribution in [0, 0.1) is 5.41 Å². The molecule has 0 bridgehead atoms. The van der Waals surface area contributed by atoms with Crippen LogP contribution in [0.15, 0.2) is 30.3 Å². The predicted molar refractivity (Wildman–Crippen MR) is 154 cm³/mol. The van der Waals surface area contributed by atoms with Crippen LogP contribution in [0.4, 0.5) is 23.3 Å². The Morgan fingerprint density at radius 1 is 0.949 bits per heavy atom. The number of hydrogen-bond acceptors (Lipinski definition) is 8. The van der Waals surface area contributed by atoms with E-state index in [4.69, 9.17) is 14.7 Å². The number of nitrogens with zero attached hydrogens (tertiary/aromatic N) is 5. The highest BCUT2D eigenvalue weighted by Crippen LogP contribution is 2.54. The molecule has 3 aliphatic heterocycles. The number of anilines is 4. The number of amides is 1. The molecule has 39 heavy (non-hydrogen) atoms. The first-order valence-electron chi connectivity index (χ1n) is 14.9. The Labute approximate surface area is 231 Å². The minimum absolute atomic E-state index is 0.135. The molecule has 3 saturated heterocycles. The number of nitrogens with one attached hydrogen (secondary N) is 2. The van der Waals surface area contributed by atoms with Gasteiger partial charge in [-0.05, 0) is 94.6 Å². The molecule has 2 aliphatic carbocycles. The molecule has 0 radical (unpaired) electrons. The Morgan fingerprint density at radius 2 is 1.77 bits per heavy atom. The van der Waals surface area contributed by atoms with Crippen LogP contribution in [-0.4, -0.2) is 84.8 Å². The number of hydrogen-bond donors (Lipinski definition) is 2. The highest BCUT2D eigenvalue weighted by atomic mass is 16.5. The van der Waals surface area contributed by atoms with Gasteiger partial charge in [0.25, 0.3) is 5.91 Å². The van der Waals surface area contributed by atoms with Crippen molar-refractivity contribution >= 4 is 29.2 Å². The molecule has 1 amide bonds. The molecule has 2 saturated carbocycles. The zero-order chi connectivity index (χ0) is 26.5. The smallest absolute Gasteiger partial charge is 0.260 e.